The lowest BCUT2D eigenvalue weighted by atomic mass is 9.96. The maximum atomic E-state index is 12.3. The molecule has 5 nitrogen and oxygen atoms in total. The molecule has 1 saturated heterocycles. The van der Waals surface area contributed by atoms with Crippen LogP contribution in [0.3, 0.4) is 0 Å². The molecule has 1 aromatic heterocycles. The van der Waals surface area contributed by atoms with Gasteiger partial charge in [-0.1, -0.05) is 20.8 Å². The van der Waals surface area contributed by atoms with E-state index in [0.29, 0.717) is 11.6 Å². The third-order valence-electron chi connectivity index (χ3n) is 4.10. The monoisotopic (exact) mass is 276 g/mol. The third kappa shape index (κ3) is 3.03. The molecule has 1 amide bonds. The molecule has 1 unspecified atom stereocenters. The zero-order valence-electron chi connectivity index (χ0n) is 12.5. The van der Waals surface area contributed by atoms with Crippen LogP contribution < -0.4 is 10.6 Å². The van der Waals surface area contributed by atoms with Gasteiger partial charge in [0.25, 0.3) is 0 Å². The Morgan fingerprint density at radius 1 is 1.25 bits per heavy atom. The van der Waals surface area contributed by atoms with E-state index >= 15 is 0 Å². The number of nitrogens with two attached hydrogens (primary N) is 1. The molecule has 2 N–H and O–H groups in total. The summed E-state index contributed by atoms with van der Waals surface area (Å²) in [6, 6.07) is 3.70. The summed E-state index contributed by atoms with van der Waals surface area (Å²) in [5.74, 6) is 1.55. The van der Waals surface area contributed by atoms with Crippen LogP contribution in [0.1, 0.15) is 20.8 Å². The van der Waals surface area contributed by atoms with Gasteiger partial charge in [-0.25, -0.2) is 4.98 Å². The molecular weight excluding hydrogens is 252 g/mol. The maximum absolute atomic E-state index is 12.3. The largest absolute Gasteiger partial charge is 0.396 e. The Hall–Kier alpha value is -1.78. The third-order valence-corrected chi connectivity index (χ3v) is 4.10. The van der Waals surface area contributed by atoms with Gasteiger partial charge in [0, 0.05) is 38.3 Å². The highest BCUT2D eigenvalue weighted by atomic mass is 16.2. The molecule has 1 fully saturated rings. The van der Waals surface area contributed by atoms with Gasteiger partial charge >= 0.3 is 0 Å². The van der Waals surface area contributed by atoms with E-state index in [1.807, 2.05) is 24.0 Å². The highest BCUT2D eigenvalue weighted by molar-refractivity contribution is 5.79. The van der Waals surface area contributed by atoms with E-state index in [1.54, 1.807) is 6.20 Å². The molecule has 0 bridgehead atoms. The first-order valence-electron chi connectivity index (χ1n) is 7.25. The highest BCUT2D eigenvalue weighted by Gasteiger charge is 2.27. The molecule has 1 aliphatic heterocycles. The van der Waals surface area contributed by atoms with Crippen molar-refractivity contribution in [2.75, 3.05) is 36.8 Å². The molecule has 2 rings (SSSR count). The fourth-order valence-electron chi connectivity index (χ4n) is 2.39. The summed E-state index contributed by atoms with van der Waals surface area (Å²) in [5.41, 5.74) is 6.65. The number of nitrogens with zero attached hydrogens (tertiary/aromatic N) is 3. The zero-order valence-corrected chi connectivity index (χ0v) is 12.5. The van der Waals surface area contributed by atoms with Crippen molar-refractivity contribution in [3.63, 3.8) is 0 Å². The van der Waals surface area contributed by atoms with E-state index in [-0.39, 0.29) is 11.8 Å². The van der Waals surface area contributed by atoms with E-state index in [1.165, 1.54) is 0 Å². The van der Waals surface area contributed by atoms with Crippen LogP contribution in [0, 0.1) is 11.8 Å². The van der Waals surface area contributed by atoms with Gasteiger partial charge in [-0.15, -0.1) is 0 Å². The van der Waals surface area contributed by atoms with E-state index < -0.39 is 0 Å². The van der Waals surface area contributed by atoms with Crippen LogP contribution in [-0.2, 0) is 4.79 Å². The van der Waals surface area contributed by atoms with Crippen LogP contribution in [0.15, 0.2) is 18.3 Å². The van der Waals surface area contributed by atoms with E-state index in [2.05, 4.69) is 23.7 Å². The van der Waals surface area contributed by atoms with Crippen LogP contribution in [0.2, 0.25) is 0 Å². The quantitative estimate of drug-likeness (QED) is 0.911. The predicted octanol–water partition coefficient (Wildman–Crippen LogP) is 1.60. The minimum absolute atomic E-state index is 0.0847. The summed E-state index contributed by atoms with van der Waals surface area (Å²) in [6.07, 6.45) is 1.75. The van der Waals surface area contributed by atoms with Gasteiger partial charge in [0.2, 0.25) is 5.91 Å². The lowest BCUT2D eigenvalue weighted by Crippen LogP contribution is -2.51. The van der Waals surface area contributed by atoms with E-state index in [4.69, 9.17) is 5.73 Å². The molecule has 1 atom stereocenters. The second kappa shape index (κ2) is 6.11. The number of hydrogen-bond acceptors (Lipinski definition) is 4. The van der Waals surface area contributed by atoms with E-state index in [0.717, 1.165) is 32.0 Å². The van der Waals surface area contributed by atoms with Crippen molar-refractivity contribution in [1.29, 1.82) is 0 Å². The van der Waals surface area contributed by atoms with Crippen LogP contribution >= 0.6 is 0 Å². The minimum atomic E-state index is 0.0847. The van der Waals surface area contributed by atoms with Crippen molar-refractivity contribution in [3.05, 3.63) is 18.3 Å². The first-order chi connectivity index (χ1) is 9.50. The number of rotatable bonds is 3. The van der Waals surface area contributed by atoms with E-state index in [9.17, 15) is 4.79 Å². The SMILES string of the molecule is CC(C)C(C)C(=O)N1CCN(c2ncccc2N)CC1. The molecule has 1 aromatic rings. The Morgan fingerprint density at radius 3 is 2.45 bits per heavy atom. The molecule has 5 heteroatoms. The van der Waals surface area contributed by atoms with Gasteiger partial charge in [0.05, 0.1) is 5.69 Å². The predicted molar refractivity (Wildman–Crippen MR) is 81.4 cm³/mol. The topological polar surface area (TPSA) is 62.5 Å². The van der Waals surface area contributed by atoms with Crippen molar-refractivity contribution in [3.8, 4) is 0 Å². The number of carbonyl (C=O) groups is 1. The Kier molecular flexibility index (Phi) is 4.47. The lowest BCUT2D eigenvalue weighted by molar-refractivity contribution is -0.136. The highest BCUT2D eigenvalue weighted by Crippen LogP contribution is 2.21. The van der Waals surface area contributed by atoms with Crippen molar-refractivity contribution in [2.24, 2.45) is 11.8 Å². The molecule has 0 aromatic carbocycles. The number of anilines is 2. The standard InChI is InChI=1S/C15H24N4O/c1-11(2)12(3)15(20)19-9-7-18(8-10-19)14-13(16)5-4-6-17-14/h4-6,11-12H,7-10,16H2,1-3H3. The first-order valence-corrected chi connectivity index (χ1v) is 7.25. The van der Waals surface area contributed by atoms with Gasteiger partial charge in [0.1, 0.15) is 0 Å². The maximum Gasteiger partial charge on any atom is 0.225 e. The number of hydrogen-bond donors (Lipinski definition) is 1. The summed E-state index contributed by atoms with van der Waals surface area (Å²) in [6.45, 7) is 9.25. The summed E-state index contributed by atoms with van der Waals surface area (Å²) in [5, 5.41) is 0. The number of carbonyl (C=O) groups excluding carboxylic acids is 1. The summed E-state index contributed by atoms with van der Waals surface area (Å²) < 4.78 is 0. The second-order valence-electron chi connectivity index (χ2n) is 5.76. The second-order valence-corrected chi connectivity index (χ2v) is 5.76. The average Bonchev–Trinajstić information content (AvgIpc) is 2.46. The lowest BCUT2D eigenvalue weighted by Gasteiger charge is -2.37. The summed E-state index contributed by atoms with van der Waals surface area (Å²) >= 11 is 0. The number of aromatic nitrogens is 1. The van der Waals surface area contributed by atoms with Crippen LogP contribution in [0.5, 0.6) is 0 Å². The molecule has 110 valence electrons. The van der Waals surface area contributed by atoms with Crippen molar-refractivity contribution < 1.29 is 4.79 Å². The number of nitrogen functional groups attached to an aromatic ring is 1. The number of pyridine rings is 1. The van der Waals surface area contributed by atoms with Crippen LogP contribution in [0.4, 0.5) is 11.5 Å². The van der Waals surface area contributed by atoms with Crippen LogP contribution in [0.25, 0.3) is 0 Å². The molecule has 0 radical (unpaired) electrons. The Morgan fingerprint density at radius 2 is 1.90 bits per heavy atom. The average molecular weight is 276 g/mol. The molecule has 0 spiro atoms. The molecule has 1 aliphatic rings. The Balaban J connectivity index is 1.96. The fourth-order valence-corrected chi connectivity index (χ4v) is 2.39. The smallest absolute Gasteiger partial charge is 0.225 e. The number of piperazine rings is 1. The van der Waals surface area contributed by atoms with Crippen molar-refractivity contribution >= 4 is 17.4 Å². The van der Waals surface area contributed by atoms with Crippen molar-refractivity contribution in [1.82, 2.24) is 9.88 Å². The van der Waals surface area contributed by atoms with Crippen molar-refractivity contribution in [2.45, 2.75) is 20.8 Å². The Labute approximate surface area is 120 Å². The summed E-state index contributed by atoms with van der Waals surface area (Å²) in [4.78, 5) is 20.8. The minimum Gasteiger partial charge on any atom is -0.396 e. The molecule has 20 heavy (non-hydrogen) atoms. The first kappa shape index (κ1) is 14.6. The van der Waals surface area contributed by atoms with Gasteiger partial charge < -0.3 is 15.5 Å². The summed E-state index contributed by atoms with van der Waals surface area (Å²) in [7, 11) is 0. The molecule has 0 aliphatic carbocycles. The molecule has 2 heterocycles. The fraction of sp³-hybridized carbons (Fsp3) is 0.600. The van der Waals surface area contributed by atoms with Gasteiger partial charge in [-0.2, -0.15) is 0 Å². The number of amides is 1. The van der Waals surface area contributed by atoms with Gasteiger partial charge in [-0.05, 0) is 18.1 Å². The Bertz CT molecular complexity index is 467. The zero-order chi connectivity index (χ0) is 14.7. The molecular formula is C15H24N4O. The van der Waals surface area contributed by atoms with Gasteiger partial charge in [0.15, 0.2) is 5.82 Å². The van der Waals surface area contributed by atoms with Gasteiger partial charge in [-0.3, -0.25) is 4.79 Å². The molecule has 0 saturated carbocycles. The van der Waals surface area contributed by atoms with Crippen LogP contribution in [-0.4, -0.2) is 42.0 Å². The normalized spacial score (nSPS) is 17.4.